The molecule has 1 saturated heterocycles. The van der Waals surface area contributed by atoms with Crippen molar-refractivity contribution in [1.29, 1.82) is 0 Å². The Morgan fingerprint density at radius 1 is 1.25 bits per heavy atom. The second kappa shape index (κ2) is 6.50. The number of halogens is 1. The average Bonchev–Trinajstić information content (AvgIpc) is 2.46. The van der Waals surface area contributed by atoms with Gasteiger partial charge < -0.3 is 9.64 Å². The molecule has 1 aromatic carbocycles. The highest BCUT2D eigenvalue weighted by Crippen LogP contribution is 2.19. The summed E-state index contributed by atoms with van der Waals surface area (Å²) in [5.41, 5.74) is 0.289. The number of carbonyl (C=O) groups is 2. The zero-order valence-corrected chi connectivity index (χ0v) is 11.5. The molecule has 0 aliphatic carbocycles. The van der Waals surface area contributed by atoms with E-state index in [0.29, 0.717) is 0 Å². The summed E-state index contributed by atoms with van der Waals surface area (Å²) < 4.78 is 18.9. The molecule has 1 heterocycles. The summed E-state index contributed by atoms with van der Waals surface area (Å²) >= 11 is 0. The molecule has 0 saturated carbocycles. The number of amides is 1. The molecule has 1 aliphatic heterocycles. The zero-order chi connectivity index (χ0) is 14.5. The Hall–Kier alpha value is -1.91. The van der Waals surface area contributed by atoms with Crippen LogP contribution in [-0.4, -0.2) is 36.3 Å². The van der Waals surface area contributed by atoms with Gasteiger partial charge in [0.2, 0.25) is 0 Å². The summed E-state index contributed by atoms with van der Waals surface area (Å²) in [5, 5.41) is 0. The lowest BCUT2D eigenvalue weighted by molar-refractivity contribution is -0.134. The zero-order valence-electron chi connectivity index (χ0n) is 11.5. The van der Waals surface area contributed by atoms with Crippen LogP contribution in [0.25, 0.3) is 0 Å². The van der Waals surface area contributed by atoms with Crippen molar-refractivity contribution in [3.8, 4) is 5.75 Å². The van der Waals surface area contributed by atoms with Crippen LogP contribution in [0.4, 0.5) is 4.39 Å². The maximum absolute atomic E-state index is 13.7. The number of Topliss-reactive ketones (excluding diaryl/α,β-unsaturated/α-hetero) is 1. The van der Waals surface area contributed by atoms with Gasteiger partial charge in [0.25, 0.3) is 5.91 Å². The Bertz CT molecular complexity index is 510. The van der Waals surface area contributed by atoms with Crippen LogP contribution in [0.5, 0.6) is 5.75 Å². The van der Waals surface area contributed by atoms with E-state index in [9.17, 15) is 14.0 Å². The first-order chi connectivity index (χ1) is 9.58. The Balaban J connectivity index is 1.93. The maximum Gasteiger partial charge on any atom is 0.260 e. The van der Waals surface area contributed by atoms with E-state index in [2.05, 4.69) is 0 Å². The van der Waals surface area contributed by atoms with Crippen LogP contribution in [0, 0.1) is 5.82 Å². The summed E-state index contributed by atoms with van der Waals surface area (Å²) in [6.07, 6.45) is 3.16. The molecule has 4 nitrogen and oxygen atoms in total. The van der Waals surface area contributed by atoms with Gasteiger partial charge in [-0.2, -0.15) is 0 Å². The fourth-order valence-corrected chi connectivity index (χ4v) is 2.21. The molecule has 0 N–H and O–H groups in total. The number of ether oxygens (including phenoxy) is 1. The van der Waals surface area contributed by atoms with Crippen LogP contribution in [0.3, 0.4) is 0 Å². The Morgan fingerprint density at radius 2 is 1.95 bits per heavy atom. The van der Waals surface area contributed by atoms with Gasteiger partial charge in [-0.1, -0.05) is 0 Å². The number of rotatable bonds is 4. The van der Waals surface area contributed by atoms with Crippen LogP contribution in [0.15, 0.2) is 18.2 Å². The Kier molecular flexibility index (Phi) is 4.71. The lowest BCUT2D eigenvalue weighted by Crippen LogP contribution is -2.38. The van der Waals surface area contributed by atoms with Gasteiger partial charge in [0.1, 0.15) is 0 Å². The number of hydrogen-bond donors (Lipinski definition) is 0. The molecule has 0 bridgehead atoms. The first-order valence-corrected chi connectivity index (χ1v) is 6.79. The van der Waals surface area contributed by atoms with Crippen LogP contribution >= 0.6 is 0 Å². The predicted molar refractivity (Wildman–Crippen MR) is 72.3 cm³/mol. The number of piperidine rings is 1. The largest absolute Gasteiger partial charge is 0.481 e. The fourth-order valence-electron chi connectivity index (χ4n) is 2.21. The summed E-state index contributed by atoms with van der Waals surface area (Å²) in [6, 6.07) is 4.00. The quantitative estimate of drug-likeness (QED) is 0.795. The first-order valence-electron chi connectivity index (χ1n) is 6.79. The van der Waals surface area contributed by atoms with Crippen LogP contribution < -0.4 is 4.74 Å². The van der Waals surface area contributed by atoms with E-state index in [1.165, 1.54) is 19.1 Å². The van der Waals surface area contributed by atoms with Crippen molar-refractivity contribution in [1.82, 2.24) is 4.90 Å². The van der Waals surface area contributed by atoms with Crippen molar-refractivity contribution in [2.45, 2.75) is 26.2 Å². The molecule has 20 heavy (non-hydrogen) atoms. The highest BCUT2D eigenvalue weighted by atomic mass is 19.1. The monoisotopic (exact) mass is 279 g/mol. The van der Waals surface area contributed by atoms with E-state index in [1.807, 2.05) is 0 Å². The molecule has 1 amide bonds. The van der Waals surface area contributed by atoms with Gasteiger partial charge in [-0.3, -0.25) is 9.59 Å². The van der Waals surface area contributed by atoms with Crippen molar-refractivity contribution >= 4 is 11.7 Å². The van der Waals surface area contributed by atoms with Crippen molar-refractivity contribution in [3.05, 3.63) is 29.6 Å². The summed E-state index contributed by atoms with van der Waals surface area (Å²) in [7, 11) is 0. The van der Waals surface area contributed by atoms with E-state index in [4.69, 9.17) is 4.74 Å². The molecule has 0 radical (unpaired) electrons. The number of carbonyl (C=O) groups excluding carboxylic acids is 2. The van der Waals surface area contributed by atoms with Gasteiger partial charge in [0.05, 0.1) is 0 Å². The third kappa shape index (κ3) is 3.56. The highest BCUT2D eigenvalue weighted by Gasteiger charge is 2.17. The van der Waals surface area contributed by atoms with Crippen LogP contribution in [0.2, 0.25) is 0 Å². The second-order valence-electron chi connectivity index (χ2n) is 4.93. The smallest absolute Gasteiger partial charge is 0.260 e. The molecular weight excluding hydrogens is 261 g/mol. The van der Waals surface area contributed by atoms with Crippen LogP contribution in [-0.2, 0) is 4.79 Å². The first kappa shape index (κ1) is 14.5. The lowest BCUT2D eigenvalue weighted by Gasteiger charge is -2.26. The number of likely N-dealkylation sites (tertiary alicyclic amines) is 1. The third-order valence-corrected chi connectivity index (χ3v) is 3.40. The molecule has 1 fully saturated rings. The third-order valence-electron chi connectivity index (χ3n) is 3.40. The molecule has 0 spiro atoms. The number of nitrogens with zero attached hydrogens (tertiary/aromatic N) is 1. The van der Waals surface area contributed by atoms with E-state index in [0.717, 1.165) is 38.4 Å². The molecule has 1 aliphatic rings. The normalized spacial score (nSPS) is 15.0. The minimum atomic E-state index is -0.621. The fraction of sp³-hybridized carbons (Fsp3) is 0.467. The van der Waals surface area contributed by atoms with Gasteiger partial charge >= 0.3 is 0 Å². The van der Waals surface area contributed by atoms with Crippen molar-refractivity contribution in [2.75, 3.05) is 19.7 Å². The standard InChI is InChI=1S/C15H18FNO3/c1-11(18)12-5-6-14(13(16)9-12)20-10-15(19)17-7-3-2-4-8-17/h5-6,9H,2-4,7-8,10H2,1H3. The summed E-state index contributed by atoms with van der Waals surface area (Å²) in [5.74, 6) is -0.955. The molecule has 0 atom stereocenters. The topological polar surface area (TPSA) is 46.6 Å². The highest BCUT2D eigenvalue weighted by molar-refractivity contribution is 5.94. The van der Waals surface area contributed by atoms with E-state index >= 15 is 0 Å². The SMILES string of the molecule is CC(=O)c1ccc(OCC(=O)N2CCCCC2)c(F)c1. The molecule has 108 valence electrons. The van der Waals surface area contributed by atoms with E-state index < -0.39 is 5.82 Å². The molecular formula is C15H18FNO3. The van der Waals surface area contributed by atoms with Gasteiger partial charge in [-0.15, -0.1) is 0 Å². The average molecular weight is 279 g/mol. The van der Waals surface area contributed by atoms with Crippen molar-refractivity contribution in [3.63, 3.8) is 0 Å². The number of ketones is 1. The van der Waals surface area contributed by atoms with Crippen molar-refractivity contribution < 1.29 is 18.7 Å². The Labute approximate surface area is 117 Å². The van der Waals surface area contributed by atoms with Gasteiger partial charge in [-0.25, -0.2) is 4.39 Å². The van der Waals surface area contributed by atoms with E-state index in [1.54, 1.807) is 4.90 Å². The molecule has 0 aromatic heterocycles. The molecule has 1 aromatic rings. The predicted octanol–water partition coefficient (Wildman–Crippen LogP) is 2.42. The van der Waals surface area contributed by atoms with Crippen molar-refractivity contribution in [2.24, 2.45) is 0 Å². The second-order valence-corrected chi connectivity index (χ2v) is 4.93. The summed E-state index contributed by atoms with van der Waals surface area (Å²) in [4.78, 5) is 24.7. The summed E-state index contributed by atoms with van der Waals surface area (Å²) in [6.45, 7) is 2.69. The Morgan fingerprint density at radius 3 is 2.55 bits per heavy atom. The van der Waals surface area contributed by atoms with Gasteiger partial charge in [0.15, 0.2) is 24.0 Å². The van der Waals surface area contributed by atoms with Gasteiger partial charge in [0, 0.05) is 18.7 Å². The molecule has 5 heteroatoms. The maximum atomic E-state index is 13.7. The van der Waals surface area contributed by atoms with Crippen LogP contribution in [0.1, 0.15) is 36.5 Å². The molecule has 0 unspecified atom stereocenters. The number of hydrogen-bond acceptors (Lipinski definition) is 3. The minimum absolute atomic E-state index is 0.000333. The van der Waals surface area contributed by atoms with E-state index in [-0.39, 0.29) is 29.6 Å². The molecule has 2 rings (SSSR count). The number of benzene rings is 1. The van der Waals surface area contributed by atoms with Gasteiger partial charge in [-0.05, 0) is 44.4 Å². The lowest BCUT2D eigenvalue weighted by atomic mass is 10.1. The minimum Gasteiger partial charge on any atom is -0.481 e.